The van der Waals surface area contributed by atoms with E-state index in [4.69, 9.17) is 9.15 Å². The second kappa shape index (κ2) is 5.04. The van der Waals surface area contributed by atoms with Crippen molar-refractivity contribution in [2.45, 2.75) is 0 Å². The number of rotatable bonds is 2. The third kappa shape index (κ3) is 2.25. The first-order valence-electron chi connectivity index (χ1n) is 6.51. The van der Waals surface area contributed by atoms with Crippen molar-refractivity contribution in [1.82, 2.24) is 4.98 Å². The van der Waals surface area contributed by atoms with Gasteiger partial charge in [0.1, 0.15) is 16.9 Å². The summed E-state index contributed by atoms with van der Waals surface area (Å²) >= 11 is 2.27. The average molecular weight is 387 g/mol. The lowest BCUT2D eigenvalue weighted by atomic mass is 10.1. The number of halogens is 1. The summed E-state index contributed by atoms with van der Waals surface area (Å²) in [6.45, 7) is 0. The summed E-state index contributed by atoms with van der Waals surface area (Å²) in [5.74, 6) is 1.35. The fourth-order valence-electron chi connectivity index (χ4n) is 2.35. The van der Waals surface area contributed by atoms with Crippen LogP contribution >= 0.6 is 22.6 Å². The molecule has 0 N–H and O–H groups in total. The molecule has 4 heteroatoms. The van der Waals surface area contributed by atoms with Crippen molar-refractivity contribution in [3.8, 4) is 11.6 Å². The van der Waals surface area contributed by atoms with Crippen LogP contribution in [-0.2, 0) is 0 Å². The summed E-state index contributed by atoms with van der Waals surface area (Å²) in [5, 5.41) is 2.15. The van der Waals surface area contributed by atoms with Crippen molar-refractivity contribution in [3.05, 3.63) is 64.4 Å². The zero-order valence-corrected chi connectivity index (χ0v) is 13.1. The van der Waals surface area contributed by atoms with Gasteiger partial charge in [-0.3, -0.25) is 0 Å². The molecule has 0 saturated carbocycles. The van der Waals surface area contributed by atoms with Crippen molar-refractivity contribution in [1.29, 1.82) is 0 Å². The molecule has 2 aromatic carbocycles. The van der Waals surface area contributed by atoms with Crippen LogP contribution in [0.5, 0.6) is 11.6 Å². The van der Waals surface area contributed by atoms with Gasteiger partial charge in [0.25, 0.3) is 0 Å². The fraction of sp³-hybridized carbons (Fsp3) is 0. The van der Waals surface area contributed by atoms with Crippen LogP contribution < -0.4 is 4.74 Å². The maximum absolute atomic E-state index is 5.91. The fourth-order valence-corrected chi connectivity index (χ4v) is 3.06. The van der Waals surface area contributed by atoms with E-state index in [9.17, 15) is 0 Å². The number of hydrogen-bond acceptors (Lipinski definition) is 3. The predicted octanol–water partition coefficient (Wildman–Crippen LogP) is 5.38. The highest BCUT2D eigenvalue weighted by Crippen LogP contribution is 2.35. The first-order valence-corrected chi connectivity index (χ1v) is 7.59. The number of fused-ring (bicyclic) bond motifs is 3. The van der Waals surface area contributed by atoms with Gasteiger partial charge in [0.15, 0.2) is 0 Å². The maximum atomic E-state index is 5.91. The maximum Gasteiger partial charge on any atom is 0.219 e. The minimum Gasteiger partial charge on any atom is -0.455 e. The van der Waals surface area contributed by atoms with E-state index in [1.807, 2.05) is 48.5 Å². The zero-order chi connectivity index (χ0) is 14.2. The normalized spacial score (nSPS) is 11.1. The van der Waals surface area contributed by atoms with E-state index < -0.39 is 0 Å². The molecule has 0 radical (unpaired) electrons. The minimum atomic E-state index is 0.584. The van der Waals surface area contributed by atoms with Crippen molar-refractivity contribution in [2.75, 3.05) is 0 Å². The van der Waals surface area contributed by atoms with Gasteiger partial charge in [0.2, 0.25) is 5.88 Å². The molecule has 0 bridgehead atoms. The van der Waals surface area contributed by atoms with Gasteiger partial charge in [-0.1, -0.05) is 24.3 Å². The van der Waals surface area contributed by atoms with Crippen LogP contribution in [0.2, 0.25) is 0 Å². The van der Waals surface area contributed by atoms with E-state index in [1.54, 1.807) is 6.20 Å². The molecule has 21 heavy (non-hydrogen) atoms. The van der Waals surface area contributed by atoms with Gasteiger partial charge < -0.3 is 9.15 Å². The Balaban J connectivity index is 1.89. The Labute approximate surface area is 134 Å². The number of benzene rings is 2. The van der Waals surface area contributed by atoms with Crippen molar-refractivity contribution in [2.24, 2.45) is 0 Å². The smallest absolute Gasteiger partial charge is 0.219 e. The van der Waals surface area contributed by atoms with Gasteiger partial charge in [-0.05, 0) is 46.9 Å². The number of para-hydroxylation sites is 1. The van der Waals surface area contributed by atoms with Crippen molar-refractivity contribution >= 4 is 44.5 Å². The molecule has 2 heterocycles. The first-order chi connectivity index (χ1) is 10.3. The number of furan rings is 1. The number of ether oxygens (including phenoxy) is 1. The van der Waals surface area contributed by atoms with Gasteiger partial charge >= 0.3 is 0 Å². The first kappa shape index (κ1) is 12.6. The van der Waals surface area contributed by atoms with E-state index in [1.165, 1.54) is 0 Å². The predicted molar refractivity (Wildman–Crippen MR) is 90.7 cm³/mol. The molecule has 0 aliphatic heterocycles. The molecular weight excluding hydrogens is 377 g/mol. The largest absolute Gasteiger partial charge is 0.455 e. The Kier molecular flexibility index (Phi) is 3.03. The third-order valence-electron chi connectivity index (χ3n) is 3.27. The molecule has 0 aliphatic carbocycles. The van der Waals surface area contributed by atoms with Crippen LogP contribution in [0.4, 0.5) is 0 Å². The summed E-state index contributed by atoms with van der Waals surface area (Å²) in [4.78, 5) is 4.19. The highest BCUT2D eigenvalue weighted by atomic mass is 127. The molecule has 3 nitrogen and oxygen atoms in total. The molecule has 4 rings (SSSR count). The van der Waals surface area contributed by atoms with E-state index >= 15 is 0 Å². The minimum absolute atomic E-state index is 0.584. The van der Waals surface area contributed by atoms with E-state index in [2.05, 4.69) is 33.6 Å². The average Bonchev–Trinajstić information content (AvgIpc) is 2.88. The van der Waals surface area contributed by atoms with Gasteiger partial charge in [0, 0.05) is 23.0 Å². The molecule has 102 valence electrons. The lowest BCUT2D eigenvalue weighted by molar-refractivity contribution is 0.463. The summed E-state index contributed by atoms with van der Waals surface area (Å²) in [5.41, 5.74) is 1.78. The molecule has 0 amide bonds. The van der Waals surface area contributed by atoms with Crippen LogP contribution in [0.25, 0.3) is 21.9 Å². The molecule has 0 aliphatic rings. The van der Waals surface area contributed by atoms with E-state index in [0.29, 0.717) is 5.88 Å². The quantitative estimate of drug-likeness (QED) is 0.434. The molecular formula is C17H10INO2. The topological polar surface area (TPSA) is 35.3 Å². The highest BCUT2D eigenvalue weighted by molar-refractivity contribution is 14.1. The summed E-state index contributed by atoms with van der Waals surface area (Å²) in [7, 11) is 0. The molecule has 0 fully saturated rings. The van der Waals surface area contributed by atoms with Crippen LogP contribution in [0.1, 0.15) is 0 Å². The number of nitrogens with zero attached hydrogens (tertiary/aromatic N) is 1. The van der Waals surface area contributed by atoms with Gasteiger partial charge in [-0.15, -0.1) is 0 Å². The van der Waals surface area contributed by atoms with E-state index in [-0.39, 0.29) is 0 Å². The number of pyridine rings is 1. The van der Waals surface area contributed by atoms with Gasteiger partial charge in [-0.25, -0.2) is 4.98 Å². The Morgan fingerprint density at radius 3 is 2.67 bits per heavy atom. The second-order valence-corrected chi connectivity index (χ2v) is 5.81. The summed E-state index contributed by atoms with van der Waals surface area (Å²) in [6.07, 6.45) is 1.71. The van der Waals surface area contributed by atoms with Crippen LogP contribution in [-0.4, -0.2) is 4.98 Å². The Hall–Kier alpha value is -2.08. The lowest BCUT2D eigenvalue weighted by Crippen LogP contribution is -1.87. The van der Waals surface area contributed by atoms with Gasteiger partial charge in [0.05, 0.1) is 3.57 Å². The number of aromatic nitrogens is 1. The standard InChI is InChI=1S/C17H10INO2/c18-14-10-11(20-16-7-3-4-8-19-16)9-13-12-5-1-2-6-15(12)21-17(13)14/h1-10H. The molecule has 4 aromatic rings. The Morgan fingerprint density at radius 2 is 1.81 bits per heavy atom. The monoisotopic (exact) mass is 387 g/mol. The zero-order valence-electron chi connectivity index (χ0n) is 10.9. The van der Waals surface area contributed by atoms with Crippen LogP contribution in [0.3, 0.4) is 0 Å². The molecule has 0 unspecified atom stereocenters. The van der Waals surface area contributed by atoms with Crippen molar-refractivity contribution < 1.29 is 9.15 Å². The molecule has 0 spiro atoms. The SMILES string of the molecule is Ic1cc(Oc2ccccn2)cc2c1oc1ccccc12. The Bertz CT molecular complexity index is 931. The highest BCUT2D eigenvalue weighted by Gasteiger charge is 2.12. The molecule has 2 aromatic heterocycles. The second-order valence-electron chi connectivity index (χ2n) is 4.65. The van der Waals surface area contributed by atoms with Crippen LogP contribution in [0.15, 0.2) is 65.2 Å². The molecule has 0 saturated heterocycles. The van der Waals surface area contributed by atoms with Crippen LogP contribution in [0, 0.1) is 3.57 Å². The summed E-state index contributed by atoms with van der Waals surface area (Å²) < 4.78 is 12.8. The lowest BCUT2D eigenvalue weighted by Gasteiger charge is -2.05. The van der Waals surface area contributed by atoms with Gasteiger partial charge in [-0.2, -0.15) is 0 Å². The Morgan fingerprint density at radius 1 is 0.952 bits per heavy atom. The molecule has 0 atom stereocenters. The van der Waals surface area contributed by atoms with Crippen molar-refractivity contribution in [3.63, 3.8) is 0 Å². The number of hydrogen-bond donors (Lipinski definition) is 0. The summed E-state index contributed by atoms with van der Waals surface area (Å²) in [6, 6.07) is 17.6. The van der Waals surface area contributed by atoms with E-state index in [0.717, 1.165) is 31.3 Å². The third-order valence-corrected chi connectivity index (χ3v) is 4.07.